The first-order chi connectivity index (χ1) is 7.20. The molecule has 15 heavy (non-hydrogen) atoms. The van der Waals surface area contributed by atoms with Crippen LogP contribution in [-0.2, 0) is 0 Å². The molecule has 2 rings (SSSR count). The molecule has 2 aromatic rings. The van der Waals surface area contributed by atoms with Crippen LogP contribution in [0.1, 0.15) is 37.1 Å². The lowest BCUT2D eigenvalue weighted by Gasteiger charge is -2.04. The van der Waals surface area contributed by atoms with Crippen molar-refractivity contribution in [3.63, 3.8) is 0 Å². The van der Waals surface area contributed by atoms with Crippen molar-refractivity contribution in [3.05, 3.63) is 35.6 Å². The largest absolute Gasteiger partial charge is 0.459 e. The monoisotopic (exact) mass is 203 g/mol. The lowest BCUT2D eigenvalue weighted by molar-refractivity contribution is 0.475. The third-order valence-corrected chi connectivity index (χ3v) is 2.66. The Morgan fingerprint density at radius 3 is 2.87 bits per heavy atom. The van der Waals surface area contributed by atoms with E-state index in [2.05, 4.69) is 38.1 Å². The number of benzene rings is 1. The zero-order valence-corrected chi connectivity index (χ0v) is 9.29. The van der Waals surface area contributed by atoms with Gasteiger partial charge in [0.25, 0.3) is 0 Å². The summed E-state index contributed by atoms with van der Waals surface area (Å²) in [7, 11) is 0. The maximum atomic E-state index is 6.01. The highest BCUT2D eigenvalue weighted by Gasteiger charge is 2.10. The molecule has 0 bridgehead atoms. The minimum atomic E-state index is 0.0303. The maximum absolute atomic E-state index is 6.01. The fraction of sp³-hybridized carbons (Fsp3) is 0.385. The van der Waals surface area contributed by atoms with Crippen molar-refractivity contribution in [2.75, 3.05) is 0 Å². The van der Waals surface area contributed by atoms with E-state index in [-0.39, 0.29) is 6.04 Å². The quantitative estimate of drug-likeness (QED) is 0.828. The molecule has 0 fully saturated rings. The van der Waals surface area contributed by atoms with E-state index in [4.69, 9.17) is 10.2 Å². The van der Waals surface area contributed by atoms with Gasteiger partial charge in [-0.1, -0.05) is 25.5 Å². The van der Waals surface area contributed by atoms with Gasteiger partial charge in [-0.3, -0.25) is 0 Å². The summed E-state index contributed by atoms with van der Waals surface area (Å²) in [5.41, 5.74) is 8.17. The van der Waals surface area contributed by atoms with Crippen molar-refractivity contribution in [1.29, 1.82) is 0 Å². The Hall–Kier alpha value is -1.28. The molecule has 0 saturated carbocycles. The number of aryl methyl sites for hydroxylation is 1. The molecule has 0 radical (unpaired) electrons. The fourth-order valence-corrected chi connectivity index (χ4v) is 1.79. The fourth-order valence-electron chi connectivity index (χ4n) is 1.79. The molecule has 0 aliphatic rings. The van der Waals surface area contributed by atoms with Gasteiger partial charge >= 0.3 is 0 Å². The van der Waals surface area contributed by atoms with Gasteiger partial charge in [0.05, 0.1) is 6.04 Å². The van der Waals surface area contributed by atoms with Crippen LogP contribution in [-0.4, -0.2) is 0 Å². The number of nitrogens with two attached hydrogens (primary N) is 1. The first kappa shape index (κ1) is 10.2. The molecular formula is C13H17NO. The third kappa shape index (κ3) is 2.05. The third-order valence-electron chi connectivity index (χ3n) is 2.66. The zero-order valence-electron chi connectivity index (χ0n) is 9.29. The normalized spacial score (nSPS) is 13.3. The molecular weight excluding hydrogens is 186 g/mol. The second-order valence-corrected chi connectivity index (χ2v) is 4.09. The molecule has 1 aromatic heterocycles. The van der Waals surface area contributed by atoms with E-state index < -0.39 is 0 Å². The van der Waals surface area contributed by atoms with Crippen LogP contribution in [0.15, 0.2) is 28.7 Å². The summed E-state index contributed by atoms with van der Waals surface area (Å²) in [6.07, 6.45) is 2.05. The molecule has 2 N–H and O–H groups in total. The average Bonchev–Trinajstić information content (AvgIpc) is 2.60. The summed E-state index contributed by atoms with van der Waals surface area (Å²) in [4.78, 5) is 0. The van der Waals surface area contributed by atoms with E-state index in [0.29, 0.717) is 0 Å². The molecule has 80 valence electrons. The molecule has 0 aliphatic heterocycles. The Morgan fingerprint density at radius 1 is 1.33 bits per heavy atom. The van der Waals surface area contributed by atoms with Gasteiger partial charge in [0.1, 0.15) is 11.3 Å². The predicted molar refractivity (Wildman–Crippen MR) is 62.8 cm³/mol. The highest BCUT2D eigenvalue weighted by atomic mass is 16.3. The molecule has 2 nitrogen and oxygen atoms in total. The van der Waals surface area contributed by atoms with Crippen LogP contribution >= 0.6 is 0 Å². The summed E-state index contributed by atoms with van der Waals surface area (Å²) in [5.74, 6) is 0.900. The first-order valence-electron chi connectivity index (χ1n) is 5.46. The number of fused-ring (bicyclic) bond motifs is 1. The van der Waals surface area contributed by atoms with Crippen LogP contribution in [0.25, 0.3) is 11.0 Å². The predicted octanol–water partition coefficient (Wildman–Crippen LogP) is 3.54. The molecule has 0 aliphatic carbocycles. The van der Waals surface area contributed by atoms with Crippen molar-refractivity contribution in [2.24, 2.45) is 5.73 Å². The van der Waals surface area contributed by atoms with Crippen LogP contribution in [0.2, 0.25) is 0 Å². The number of rotatable bonds is 3. The van der Waals surface area contributed by atoms with Crippen molar-refractivity contribution in [1.82, 2.24) is 0 Å². The van der Waals surface area contributed by atoms with Crippen LogP contribution in [0.5, 0.6) is 0 Å². The van der Waals surface area contributed by atoms with E-state index >= 15 is 0 Å². The Balaban J connectivity index is 2.38. The highest BCUT2D eigenvalue weighted by molar-refractivity contribution is 5.78. The Bertz CT molecular complexity index is 459. The molecule has 2 heteroatoms. The molecule has 1 atom stereocenters. The molecule has 0 saturated heterocycles. The Morgan fingerprint density at radius 2 is 2.13 bits per heavy atom. The Labute approximate surface area is 90.1 Å². The Kier molecular flexibility index (Phi) is 2.78. The van der Waals surface area contributed by atoms with Gasteiger partial charge in [-0.2, -0.15) is 0 Å². The minimum Gasteiger partial charge on any atom is -0.459 e. The first-order valence-corrected chi connectivity index (χ1v) is 5.46. The second-order valence-electron chi connectivity index (χ2n) is 4.09. The molecule has 0 amide bonds. The molecule has 1 unspecified atom stereocenters. The summed E-state index contributed by atoms with van der Waals surface area (Å²) >= 11 is 0. The summed E-state index contributed by atoms with van der Waals surface area (Å²) < 4.78 is 5.74. The van der Waals surface area contributed by atoms with Crippen molar-refractivity contribution in [3.8, 4) is 0 Å². The van der Waals surface area contributed by atoms with Crippen LogP contribution in [0, 0.1) is 6.92 Å². The molecule has 1 heterocycles. The SMILES string of the molecule is CCCC(N)c1cc2ccc(C)cc2o1. The van der Waals surface area contributed by atoms with Crippen LogP contribution in [0.3, 0.4) is 0 Å². The van der Waals surface area contributed by atoms with Gasteiger partial charge in [-0.15, -0.1) is 0 Å². The molecule has 1 aromatic carbocycles. The summed E-state index contributed by atoms with van der Waals surface area (Å²) in [5, 5.41) is 1.14. The van der Waals surface area contributed by atoms with Gasteiger partial charge < -0.3 is 10.2 Å². The van der Waals surface area contributed by atoms with Crippen molar-refractivity contribution < 1.29 is 4.42 Å². The van der Waals surface area contributed by atoms with Gasteiger partial charge in [-0.05, 0) is 31.0 Å². The van der Waals surface area contributed by atoms with Gasteiger partial charge in [0.2, 0.25) is 0 Å². The second kappa shape index (κ2) is 4.07. The maximum Gasteiger partial charge on any atom is 0.134 e. The number of hydrogen-bond donors (Lipinski definition) is 1. The highest BCUT2D eigenvalue weighted by Crippen LogP contribution is 2.25. The molecule has 0 spiro atoms. The van der Waals surface area contributed by atoms with E-state index in [1.807, 2.05) is 0 Å². The average molecular weight is 203 g/mol. The standard InChI is InChI=1S/C13H17NO/c1-3-4-11(14)13-8-10-6-5-9(2)7-12(10)15-13/h5-8,11H,3-4,14H2,1-2H3. The smallest absolute Gasteiger partial charge is 0.134 e. The van der Waals surface area contributed by atoms with E-state index in [0.717, 1.165) is 29.6 Å². The van der Waals surface area contributed by atoms with Crippen molar-refractivity contribution in [2.45, 2.75) is 32.7 Å². The van der Waals surface area contributed by atoms with E-state index in [1.165, 1.54) is 5.56 Å². The lowest BCUT2D eigenvalue weighted by atomic mass is 10.1. The number of furan rings is 1. The topological polar surface area (TPSA) is 39.2 Å². The lowest BCUT2D eigenvalue weighted by Crippen LogP contribution is -2.08. The zero-order chi connectivity index (χ0) is 10.8. The van der Waals surface area contributed by atoms with E-state index in [9.17, 15) is 0 Å². The summed E-state index contributed by atoms with van der Waals surface area (Å²) in [6, 6.07) is 8.30. The van der Waals surface area contributed by atoms with Crippen LogP contribution < -0.4 is 5.73 Å². The van der Waals surface area contributed by atoms with Gasteiger partial charge in [0.15, 0.2) is 0 Å². The van der Waals surface area contributed by atoms with Gasteiger partial charge in [-0.25, -0.2) is 0 Å². The van der Waals surface area contributed by atoms with Crippen LogP contribution in [0.4, 0.5) is 0 Å². The summed E-state index contributed by atoms with van der Waals surface area (Å²) in [6.45, 7) is 4.19. The van der Waals surface area contributed by atoms with E-state index in [1.54, 1.807) is 0 Å². The minimum absolute atomic E-state index is 0.0303. The van der Waals surface area contributed by atoms with Crippen molar-refractivity contribution >= 4 is 11.0 Å². The number of hydrogen-bond acceptors (Lipinski definition) is 2. The van der Waals surface area contributed by atoms with Gasteiger partial charge in [0, 0.05) is 5.39 Å².